The minimum absolute atomic E-state index is 0.0978. The number of aromatic amines is 4. The molecule has 0 radical (unpaired) electrons. The van der Waals surface area contributed by atoms with Gasteiger partial charge in [0.05, 0.1) is 84.6 Å². The number of nitrogens with zero attached hydrogens (tertiary/aromatic N) is 10. The second-order valence-electron chi connectivity index (χ2n) is 19.1. The van der Waals surface area contributed by atoms with Crippen molar-refractivity contribution in [2.45, 2.75) is 0 Å². The molecular weight excluding hydrogens is 1040 g/mol. The summed E-state index contributed by atoms with van der Waals surface area (Å²) in [4.78, 5) is 50.4. The molecule has 12 rings (SSSR count). The fourth-order valence-corrected chi connectivity index (χ4v) is 8.38. The maximum absolute atomic E-state index is 11.0. The first-order chi connectivity index (χ1) is 39.5. The molecule has 6 aromatic heterocycles. The van der Waals surface area contributed by atoms with Crippen molar-refractivity contribution < 1.29 is 9.66 Å². The molecule has 12 aromatic rings. The van der Waals surface area contributed by atoms with Gasteiger partial charge in [-0.05, 0) is 127 Å². The zero-order chi connectivity index (χ0) is 58.0. The van der Waals surface area contributed by atoms with Crippen LogP contribution in [-0.2, 0) is 4.74 Å². The van der Waals surface area contributed by atoms with Gasteiger partial charge in [0.1, 0.15) is 34.5 Å². The van der Waals surface area contributed by atoms with E-state index in [1.807, 2.05) is 154 Å². The predicted octanol–water partition coefficient (Wildman–Crippen LogP) is 10.0. The maximum atomic E-state index is 11.0. The Morgan fingerprint density at radius 3 is 1.35 bits per heavy atom. The van der Waals surface area contributed by atoms with Gasteiger partial charge in [-0.3, -0.25) is 25.5 Å². The van der Waals surface area contributed by atoms with Gasteiger partial charge in [0.25, 0.3) is 5.69 Å². The third kappa shape index (κ3) is 13.7. The third-order valence-electron chi connectivity index (χ3n) is 12.1. The van der Waals surface area contributed by atoms with Crippen LogP contribution in [0.3, 0.4) is 0 Å². The monoisotopic (exact) mass is 1100 g/mol. The largest absolute Gasteiger partial charge is 0.480 e. The zero-order valence-corrected chi connectivity index (χ0v) is 45.9. The fraction of sp³-hybridized carbons (Fsp3) is 0.121. The first-order valence-corrected chi connectivity index (χ1v) is 25.4. The average molecular weight is 1100 g/mol. The molecular formula is C58H61N21O3. The standard InChI is InChI=1S/C21H19N7.C15H16N6O2.C15H18N6.C7H8N2O/c1-28(2)27-14-7-9-16-19(12-14)25-20(23-16)13-6-8-15-18(11-13)26-21(24-15)17-5-3-4-10-22-17;1-20(2)19-10-4-6-12-13(8-10)18-15(17-12)9-3-5-11(16)14(7-9)21(22)23;1-21(2)20-10-4-6-13-14(8-10)19-15(18-13)9-3-5-11(16)12(17)7-9;1-10-7(8)6-4-2-3-5-9-6/h3-12,27H,1-2H3,(H,23,25)(H,24,26);3-8,19H,16H2,1-2H3,(H,17,18);3-8,20H,16-17H2,1-2H3,(H,18,19);2-5,8H,1H3. The highest BCUT2D eigenvalue weighted by molar-refractivity contribution is 5.90. The number of rotatable bonds is 12. The highest BCUT2D eigenvalue weighted by Crippen LogP contribution is 2.31. The van der Waals surface area contributed by atoms with E-state index in [0.717, 1.165) is 95.5 Å². The summed E-state index contributed by atoms with van der Waals surface area (Å²) in [6, 6.07) is 45.2. The van der Waals surface area contributed by atoms with Gasteiger partial charge in [-0.15, -0.1) is 0 Å². The van der Waals surface area contributed by atoms with Gasteiger partial charge in [-0.25, -0.2) is 35.0 Å². The number of nitro groups is 1. The lowest BCUT2D eigenvalue weighted by molar-refractivity contribution is -0.383. The number of hydrazine groups is 3. The molecule has 0 atom stereocenters. The summed E-state index contributed by atoms with van der Waals surface area (Å²) in [5, 5.41) is 23.8. The summed E-state index contributed by atoms with van der Waals surface area (Å²) in [5.41, 5.74) is 42.1. The first kappa shape index (κ1) is 55.8. The van der Waals surface area contributed by atoms with Gasteiger partial charge in [-0.2, -0.15) is 0 Å². The number of imidazole rings is 4. The van der Waals surface area contributed by atoms with Crippen molar-refractivity contribution in [3.8, 4) is 45.7 Å². The van der Waals surface area contributed by atoms with Crippen LogP contribution < -0.4 is 33.5 Å². The zero-order valence-electron chi connectivity index (χ0n) is 45.9. The van der Waals surface area contributed by atoms with E-state index in [1.165, 1.54) is 19.2 Å². The molecule has 24 nitrogen and oxygen atoms in total. The molecule has 14 N–H and O–H groups in total. The van der Waals surface area contributed by atoms with E-state index in [-0.39, 0.29) is 17.3 Å². The van der Waals surface area contributed by atoms with Gasteiger partial charge < -0.3 is 58.2 Å². The number of nitrogen functional groups attached to an aromatic ring is 3. The maximum Gasteiger partial charge on any atom is 0.292 e. The van der Waals surface area contributed by atoms with Crippen LogP contribution in [-0.4, -0.2) is 125 Å². The van der Waals surface area contributed by atoms with E-state index in [0.29, 0.717) is 28.5 Å². The van der Waals surface area contributed by atoms with Crippen molar-refractivity contribution in [2.24, 2.45) is 0 Å². The number of nitro benzene ring substituents is 1. The van der Waals surface area contributed by atoms with Gasteiger partial charge in [-0.1, -0.05) is 12.1 Å². The molecule has 0 unspecified atom stereocenters. The predicted molar refractivity (Wildman–Crippen MR) is 327 cm³/mol. The summed E-state index contributed by atoms with van der Waals surface area (Å²) in [5.74, 6) is 3.02. The van der Waals surface area contributed by atoms with Gasteiger partial charge >= 0.3 is 0 Å². The Morgan fingerprint density at radius 2 is 0.915 bits per heavy atom. The number of anilines is 6. The van der Waals surface area contributed by atoms with Gasteiger partial charge in [0.2, 0.25) is 5.90 Å². The number of fused-ring (bicyclic) bond motifs is 4. The highest BCUT2D eigenvalue weighted by Gasteiger charge is 2.16. The lowest BCUT2D eigenvalue weighted by Gasteiger charge is -2.12. The number of hydrogen-bond donors (Lipinski definition) is 11. The first-order valence-electron chi connectivity index (χ1n) is 25.4. The highest BCUT2D eigenvalue weighted by atomic mass is 16.6. The number of pyridine rings is 2. The molecule has 0 aliphatic heterocycles. The third-order valence-corrected chi connectivity index (χ3v) is 12.1. The van der Waals surface area contributed by atoms with Crippen LogP contribution in [0.4, 0.5) is 39.8 Å². The summed E-state index contributed by atoms with van der Waals surface area (Å²) in [6.45, 7) is 0. The molecule has 6 heterocycles. The Hall–Kier alpha value is -11.0. The topological polar surface area (TPSA) is 341 Å². The van der Waals surface area contributed by atoms with Crippen LogP contribution in [0.2, 0.25) is 0 Å². The molecule has 24 heteroatoms. The number of H-pyrrole nitrogens is 4. The molecule has 0 bridgehead atoms. The smallest absolute Gasteiger partial charge is 0.292 e. The van der Waals surface area contributed by atoms with Gasteiger partial charge in [0.15, 0.2) is 5.82 Å². The van der Waals surface area contributed by atoms with Crippen LogP contribution in [0.25, 0.3) is 89.8 Å². The van der Waals surface area contributed by atoms with Crippen LogP contribution in [0.1, 0.15) is 5.69 Å². The number of ether oxygens (including phenoxy) is 1. The Bertz CT molecular complexity index is 4170. The molecule has 6 aromatic carbocycles. The SMILES string of the molecule is CN(C)Nc1ccc2nc(-c3ccc(N)c(N)c3)[nH]c2c1.CN(C)Nc1ccc2nc(-c3ccc(N)c([N+](=O)[O-])c3)[nH]c2c1.CN(C)Nc1ccc2nc(-c3ccc4nc(-c5ccccn5)[nH]c4c3)[nH]c2c1.COC(=N)c1ccccn1. The number of nitrogens with one attached hydrogen (secondary N) is 8. The normalized spacial score (nSPS) is 11.0. The molecule has 0 saturated heterocycles. The molecule has 0 aliphatic carbocycles. The number of nitrogens with two attached hydrogens (primary N) is 3. The van der Waals surface area contributed by atoms with Crippen LogP contribution >= 0.6 is 0 Å². The average Bonchev–Trinajstić information content (AvgIpc) is 4.33. The lowest BCUT2D eigenvalue weighted by atomic mass is 10.1. The van der Waals surface area contributed by atoms with E-state index in [1.54, 1.807) is 36.7 Å². The van der Waals surface area contributed by atoms with E-state index in [9.17, 15) is 10.1 Å². The quantitative estimate of drug-likeness (QED) is 0.0178. The molecule has 82 heavy (non-hydrogen) atoms. The fourth-order valence-electron chi connectivity index (χ4n) is 8.38. The van der Waals surface area contributed by atoms with Crippen molar-refractivity contribution in [3.05, 3.63) is 174 Å². The number of hydrogen-bond acceptors (Lipinski definition) is 19. The molecule has 0 fully saturated rings. The van der Waals surface area contributed by atoms with E-state index < -0.39 is 4.92 Å². The van der Waals surface area contributed by atoms with Gasteiger partial charge in [0, 0.05) is 77.4 Å². The number of aromatic nitrogens is 10. The summed E-state index contributed by atoms with van der Waals surface area (Å²) >= 11 is 0. The van der Waals surface area contributed by atoms with E-state index in [4.69, 9.17) is 27.6 Å². The van der Waals surface area contributed by atoms with E-state index >= 15 is 0 Å². The Labute approximate surface area is 470 Å². The summed E-state index contributed by atoms with van der Waals surface area (Å²) in [6.07, 6.45) is 3.39. The van der Waals surface area contributed by atoms with Crippen molar-refractivity contribution in [1.82, 2.24) is 64.9 Å². The summed E-state index contributed by atoms with van der Waals surface area (Å²) in [7, 11) is 13.1. The number of benzene rings is 6. The van der Waals surface area contributed by atoms with Crippen molar-refractivity contribution in [1.29, 1.82) is 5.41 Å². The Balaban J connectivity index is 0.000000138. The van der Waals surface area contributed by atoms with E-state index in [2.05, 4.69) is 78.0 Å². The molecule has 0 aliphatic rings. The van der Waals surface area contributed by atoms with Crippen molar-refractivity contribution in [2.75, 3.05) is 82.9 Å². The molecule has 416 valence electrons. The minimum Gasteiger partial charge on any atom is -0.480 e. The van der Waals surface area contributed by atoms with Crippen LogP contribution in [0.15, 0.2) is 158 Å². The molecule has 0 saturated carbocycles. The molecule has 0 amide bonds. The van der Waals surface area contributed by atoms with Crippen molar-refractivity contribution in [3.63, 3.8) is 0 Å². The summed E-state index contributed by atoms with van der Waals surface area (Å²) < 4.78 is 4.66. The van der Waals surface area contributed by atoms with Crippen LogP contribution in [0, 0.1) is 15.5 Å². The second kappa shape index (κ2) is 24.8. The second-order valence-corrected chi connectivity index (χ2v) is 19.1. The molecule has 0 spiro atoms. The minimum atomic E-state index is -0.499. The Morgan fingerprint density at radius 1 is 0.500 bits per heavy atom. The lowest BCUT2D eigenvalue weighted by Crippen LogP contribution is -2.19. The van der Waals surface area contributed by atoms with Crippen molar-refractivity contribution >= 4 is 89.8 Å². The Kier molecular flexibility index (Phi) is 16.9. The number of methoxy groups -OCH3 is 1. The van der Waals surface area contributed by atoms with Crippen LogP contribution in [0.5, 0.6) is 0 Å².